The molecular formula is C21H25NO5S. The van der Waals surface area contributed by atoms with Gasteiger partial charge in [0.2, 0.25) is 6.79 Å². The van der Waals surface area contributed by atoms with Gasteiger partial charge < -0.3 is 9.47 Å². The molecule has 6 nitrogen and oxygen atoms in total. The van der Waals surface area contributed by atoms with E-state index < -0.39 is 9.84 Å². The zero-order chi connectivity index (χ0) is 20.7. The van der Waals surface area contributed by atoms with Gasteiger partial charge in [-0.25, -0.2) is 8.42 Å². The molecule has 28 heavy (non-hydrogen) atoms. The van der Waals surface area contributed by atoms with Gasteiger partial charge in [0.15, 0.2) is 27.1 Å². The van der Waals surface area contributed by atoms with Crippen molar-refractivity contribution in [1.82, 2.24) is 0 Å². The van der Waals surface area contributed by atoms with Gasteiger partial charge in [0.05, 0.1) is 4.90 Å². The van der Waals surface area contributed by atoms with Gasteiger partial charge in [-0.1, -0.05) is 25.5 Å². The van der Waals surface area contributed by atoms with Crippen LogP contribution in [0.1, 0.15) is 42.6 Å². The van der Waals surface area contributed by atoms with Crippen LogP contribution in [-0.2, 0) is 9.84 Å². The van der Waals surface area contributed by atoms with E-state index in [4.69, 9.17) is 9.47 Å². The monoisotopic (exact) mass is 403 g/mol. The second-order valence-corrected chi connectivity index (χ2v) is 8.36. The summed E-state index contributed by atoms with van der Waals surface area (Å²) in [7, 11) is -1.34. The van der Waals surface area contributed by atoms with E-state index in [0.717, 1.165) is 24.1 Å². The molecule has 0 saturated carbocycles. The summed E-state index contributed by atoms with van der Waals surface area (Å²) in [4.78, 5) is 15.5. The van der Waals surface area contributed by atoms with Crippen molar-refractivity contribution in [2.75, 3.05) is 20.1 Å². The lowest BCUT2D eigenvalue weighted by Crippen LogP contribution is -2.02. The lowest BCUT2D eigenvalue weighted by molar-refractivity contribution is 0.101. The summed E-state index contributed by atoms with van der Waals surface area (Å²) < 4.78 is 32.8. The van der Waals surface area contributed by atoms with Crippen molar-refractivity contribution in [3.63, 3.8) is 0 Å². The third-order valence-electron chi connectivity index (χ3n) is 4.15. The molecule has 3 rings (SSSR count). The molecule has 0 atom stereocenters. The first-order chi connectivity index (χ1) is 13.3. The highest BCUT2D eigenvalue weighted by Crippen LogP contribution is 2.32. The fourth-order valence-electron chi connectivity index (χ4n) is 2.63. The highest BCUT2D eigenvalue weighted by Gasteiger charge is 2.14. The van der Waals surface area contributed by atoms with Gasteiger partial charge in [0.1, 0.15) is 0 Å². The number of Topliss-reactive ketones (excluding diaryl/α,β-unsaturated/α-hetero) is 1. The van der Waals surface area contributed by atoms with Crippen LogP contribution in [0.4, 0.5) is 0 Å². The summed E-state index contributed by atoms with van der Waals surface area (Å²) in [6.45, 7) is 3.87. The molecule has 0 N–H and O–H groups in total. The number of aliphatic imine (C=N–C) groups is 1. The van der Waals surface area contributed by atoms with Gasteiger partial charge in [0, 0.05) is 24.6 Å². The average Bonchev–Trinajstić information content (AvgIpc) is 3.14. The molecule has 0 unspecified atom stereocenters. The maximum absolute atomic E-state index is 11.3. The molecule has 0 fully saturated rings. The predicted molar refractivity (Wildman–Crippen MR) is 109 cm³/mol. The Morgan fingerprint density at radius 2 is 1.64 bits per heavy atom. The number of hydrogen-bond donors (Lipinski definition) is 0. The lowest BCUT2D eigenvalue weighted by Gasteiger charge is -2.05. The maximum atomic E-state index is 11.3. The number of ether oxygens (including phenoxy) is 2. The molecule has 0 bridgehead atoms. The van der Waals surface area contributed by atoms with Crippen LogP contribution in [0.5, 0.6) is 11.5 Å². The Morgan fingerprint density at radius 1 is 1.04 bits per heavy atom. The number of carbonyl (C=O) groups is 1. The molecule has 0 amide bonds. The molecule has 1 aliphatic rings. The van der Waals surface area contributed by atoms with E-state index in [0.29, 0.717) is 22.0 Å². The Labute approximate surface area is 166 Å². The minimum absolute atomic E-state index is 0.0355. The number of fused-ring (bicyclic) bond motifs is 1. The van der Waals surface area contributed by atoms with E-state index in [1.54, 1.807) is 37.4 Å². The zero-order valence-electron chi connectivity index (χ0n) is 16.6. The van der Waals surface area contributed by atoms with E-state index in [-0.39, 0.29) is 12.6 Å². The molecule has 0 saturated heterocycles. The van der Waals surface area contributed by atoms with Crippen LogP contribution >= 0.6 is 0 Å². The van der Waals surface area contributed by atoms with Crippen LogP contribution in [-0.4, -0.2) is 40.0 Å². The van der Waals surface area contributed by atoms with Crippen LogP contribution in [0.25, 0.3) is 0 Å². The van der Waals surface area contributed by atoms with Gasteiger partial charge in [0.25, 0.3) is 0 Å². The first-order valence-electron chi connectivity index (χ1n) is 8.93. The molecular weight excluding hydrogens is 378 g/mol. The van der Waals surface area contributed by atoms with Crippen molar-refractivity contribution in [2.45, 2.75) is 31.6 Å². The van der Waals surface area contributed by atoms with Crippen molar-refractivity contribution in [1.29, 1.82) is 0 Å². The Balaban J connectivity index is 0.000000207. The fraction of sp³-hybridized carbons (Fsp3) is 0.333. The second-order valence-electron chi connectivity index (χ2n) is 6.34. The van der Waals surface area contributed by atoms with Crippen LogP contribution < -0.4 is 9.47 Å². The third-order valence-corrected chi connectivity index (χ3v) is 5.28. The first-order valence-corrected chi connectivity index (χ1v) is 10.8. The standard InChI is InChI=1S/C12H17NO2S.C9H8O3/c1-4-5-12(13-2)10-6-8-11(9-7-10)16(3,14)15;1-6(10)7-2-3-8-9(4-7)12-5-11-8/h6-9H,4-5H2,1-3H3;2-4H,5H2,1H3. The number of carbonyl (C=O) groups excluding carboxylic acids is 1. The molecule has 2 aromatic rings. The first kappa shape index (κ1) is 21.6. The van der Waals surface area contributed by atoms with Crippen molar-refractivity contribution >= 4 is 21.3 Å². The van der Waals surface area contributed by atoms with E-state index in [1.165, 1.54) is 13.2 Å². The molecule has 0 spiro atoms. The quantitative estimate of drug-likeness (QED) is 0.558. The number of sulfone groups is 1. The van der Waals surface area contributed by atoms with E-state index in [9.17, 15) is 13.2 Å². The number of rotatable bonds is 5. The predicted octanol–water partition coefficient (Wildman–Crippen LogP) is 3.93. The Hall–Kier alpha value is -2.67. The van der Waals surface area contributed by atoms with Gasteiger partial charge in [-0.05, 0) is 49.2 Å². The van der Waals surface area contributed by atoms with Crippen molar-refractivity contribution in [3.8, 4) is 11.5 Å². The molecule has 1 heterocycles. The van der Waals surface area contributed by atoms with Gasteiger partial charge >= 0.3 is 0 Å². The molecule has 7 heteroatoms. The minimum atomic E-state index is -3.10. The Morgan fingerprint density at radius 3 is 2.18 bits per heavy atom. The Bertz CT molecular complexity index is 963. The number of nitrogens with zero attached hydrogens (tertiary/aromatic N) is 1. The summed E-state index contributed by atoms with van der Waals surface area (Å²) in [6.07, 6.45) is 3.15. The Kier molecular flexibility index (Phi) is 7.34. The summed E-state index contributed by atoms with van der Waals surface area (Å²) in [5.74, 6) is 1.40. The fourth-order valence-corrected chi connectivity index (χ4v) is 3.26. The highest BCUT2D eigenvalue weighted by molar-refractivity contribution is 7.90. The summed E-state index contributed by atoms with van der Waals surface area (Å²) in [5.41, 5.74) is 2.67. The van der Waals surface area contributed by atoms with Crippen LogP contribution in [0.15, 0.2) is 52.4 Å². The van der Waals surface area contributed by atoms with E-state index in [2.05, 4.69) is 11.9 Å². The lowest BCUT2D eigenvalue weighted by atomic mass is 10.1. The number of ketones is 1. The smallest absolute Gasteiger partial charge is 0.231 e. The maximum Gasteiger partial charge on any atom is 0.231 e. The van der Waals surface area contributed by atoms with Crippen molar-refractivity contribution < 1.29 is 22.7 Å². The summed E-state index contributed by atoms with van der Waals surface area (Å²) >= 11 is 0. The third kappa shape index (κ3) is 5.66. The normalized spacial score (nSPS) is 12.9. The number of benzene rings is 2. The highest BCUT2D eigenvalue weighted by atomic mass is 32.2. The SMILES string of the molecule is CC(=O)c1ccc2c(c1)OCO2.CCCC(=NC)c1ccc(S(C)(=O)=O)cc1. The summed E-state index contributed by atoms with van der Waals surface area (Å²) in [6, 6.07) is 12.1. The minimum Gasteiger partial charge on any atom is -0.454 e. The van der Waals surface area contributed by atoms with Gasteiger partial charge in [-0.15, -0.1) is 0 Å². The van der Waals surface area contributed by atoms with E-state index >= 15 is 0 Å². The van der Waals surface area contributed by atoms with Crippen LogP contribution in [0.2, 0.25) is 0 Å². The van der Waals surface area contributed by atoms with Crippen LogP contribution in [0, 0.1) is 0 Å². The molecule has 0 radical (unpaired) electrons. The number of hydrogen-bond acceptors (Lipinski definition) is 6. The van der Waals surface area contributed by atoms with E-state index in [1.807, 2.05) is 12.1 Å². The van der Waals surface area contributed by atoms with Crippen molar-refractivity contribution in [3.05, 3.63) is 53.6 Å². The summed E-state index contributed by atoms with van der Waals surface area (Å²) in [5, 5.41) is 0. The van der Waals surface area contributed by atoms with Gasteiger partial charge in [-0.2, -0.15) is 0 Å². The molecule has 1 aliphatic heterocycles. The topological polar surface area (TPSA) is 82.0 Å². The average molecular weight is 404 g/mol. The molecule has 0 aromatic heterocycles. The second kappa shape index (κ2) is 9.50. The van der Waals surface area contributed by atoms with Crippen LogP contribution in [0.3, 0.4) is 0 Å². The van der Waals surface area contributed by atoms with Crippen molar-refractivity contribution in [2.24, 2.45) is 4.99 Å². The molecule has 0 aliphatic carbocycles. The zero-order valence-corrected chi connectivity index (χ0v) is 17.4. The van der Waals surface area contributed by atoms with Gasteiger partial charge in [-0.3, -0.25) is 9.79 Å². The molecule has 150 valence electrons. The largest absolute Gasteiger partial charge is 0.454 e. The molecule has 2 aromatic carbocycles.